The summed E-state index contributed by atoms with van der Waals surface area (Å²) in [6.07, 6.45) is 0. The van der Waals surface area contributed by atoms with Gasteiger partial charge in [-0.15, -0.1) is 0 Å². The van der Waals surface area contributed by atoms with Gasteiger partial charge in [0.1, 0.15) is 5.75 Å². The van der Waals surface area contributed by atoms with Crippen molar-refractivity contribution in [2.75, 3.05) is 0 Å². The van der Waals surface area contributed by atoms with Gasteiger partial charge in [-0.2, -0.15) is 13.8 Å². The normalized spacial score (nSPS) is 10.9. The second-order valence-corrected chi connectivity index (χ2v) is 4.64. The predicted molar refractivity (Wildman–Crippen MR) is 76.5 cm³/mol. The van der Waals surface area contributed by atoms with E-state index in [1.807, 2.05) is 31.2 Å². The molecule has 6 heteroatoms. The molecule has 0 bridgehead atoms. The van der Waals surface area contributed by atoms with Gasteiger partial charge in [-0.25, -0.2) is 0 Å². The van der Waals surface area contributed by atoms with Crippen molar-refractivity contribution in [2.45, 2.75) is 13.5 Å². The molecule has 0 amide bonds. The average molecular weight is 302 g/mol. The van der Waals surface area contributed by atoms with Crippen LogP contribution in [0.1, 0.15) is 5.56 Å². The first-order valence-corrected chi connectivity index (χ1v) is 6.58. The van der Waals surface area contributed by atoms with E-state index in [4.69, 9.17) is 4.52 Å². The topological polar surface area (TPSA) is 48.2 Å². The van der Waals surface area contributed by atoms with Crippen molar-refractivity contribution in [1.82, 2.24) is 10.1 Å². The maximum Gasteiger partial charge on any atom is 0.387 e. The molecule has 2 aromatic carbocycles. The number of aromatic nitrogens is 2. The number of alkyl halides is 2. The van der Waals surface area contributed by atoms with Crippen molar-refractivity contribution in [3.8, 4) is 28.6 Å². The molecule has 0 aliphatic rings. The third kappa shape index (κ3) is 2.95. The average Bonchev–Trinajstić information content (AvgIpc) is 2.97. The number of benzene rings is 2. The lowest BCUT2D eigenvalue weighted by Crippen LogP contribution is -2.01. The number of nitrogens with zero attached hydrogens (tertiary/aromatic N) is 2. The highest BCUT2D eigenvalue weighted by Crippen LogP contribution is 2.26. The molecule has 0 unspecified atom stereocenters. The third-order valence-electron chi connectivity index (χ3n) is 3.14. The van der Waals surface area contributed by atoms with Crippen molar-refractivity contribution in [2.24, 2.45) is 0 Å². The van der Waals surface area contributed by atoms with E-state index in [-0.39, 0.29) is 5.75 Å². The van der Waals surface area contributed by atoms with Crippen LogP contribution in [0, 0.1) is 6.92 Å². The molecular formula is C16H12F2N2O2. The Balaban J connectivity index is 1.86. The number of halogens is 2. The lowest BCUT2D eigenvalue weighted by molar-refractivity contribution is -0.0498. The van der Waals surface area contributed by atoms with Gasteiger partial charge in [-0.1, -0.05) is 29.4 Å². The van der Waals surface area contributed by atoms with E-state index in [0.29, 0.717) is 17.3 Å². The van der Waals surface area contributed by atoms with E-state index in [0.717, 1.165) is 11.1 Å². The smallest absolute Gasteiger partial charge is 0.387 e. The standard InChI is InChI=1S/C16H12F2N2O2/c1-10-4-2-3-5-13(10)14-19-15(22-20-14)11-6-8-12(9-7-11)21-16(17)18/h2-9,16H,1H3. The van der Waals surface area contributed by atoms with Crippen LogP contribution >= 0.6 is 0 Å². The molecule has 0 saturated heterocycles. The maximum atomic E-state index is 12.1. The molecule has 0 N–H and O–H groups in total. The van der Waals surface area contributed by atoms with Crippen LogP contribution in [0.15, 0.2) is 53.1 Å². The number of aryl methyl sites for hydroxylation is 1. The van der Waals surface area contributed by atoms with Crippen LogP contribution in [0.5, 0.6) is 5.75 Å². The van der Waals surface area contributed by atoms with Gasteiger partial charge in [0, 0.05) is 11.1 Å². The molecule has 3 aromatic rings. The fourth-order valence-corrected chi connectivity index (χ4v) is 2.05. The molecular weight excluding hydrogens is 290 g/mol. The first-order chi connectivity index (χ1) is 10.6. The van der Waals surface area contributed by atoms with Crippen LogP contribution in [-0.4, -0.2) is 16.8 Å². The lowest BCUT2D eigenvalue weighted by atomic mass is 10.1. The van der Waals surface area contributed by atoms with Crippen molar-refractivity contribution in [3.05, 3.63) is 54.1 Å². The van der Waals surface area contributed by atoms with Crippen molar-refractivity contribution < 1.29 is 18.0 Å². The molecule has 0 aliphatic carbocycles. The lowest BCUT2D eigenvalue weighted by Gasteiger charge is -2.03. The summed E-state index contributed by atoms with van der Waals surface area (Å²) >= 11 is 0. The minimum Gasteiger partial charge on any atom is -0.435 e. The summed E-state index contributed by atoms with van der Waals surface area (Å²) in [5.74, 6) is 0.889. The molecule has 1 aromatic heterocycles. The minimum atomic E-state index is -2.85. The van der Waals surface area contributed by atoms with Crippen molar-refractivity contribution in [3.63, 3.8) is 0 Å². The van der Waals surface area contributed by atoms with Gasteiger partial charge in [0.2, 0.25) is 5.82 Å². The van der Waals surface area contributed by atoms with Crippen molar-refractivity contribution >= 4 is 0 Å². The largest absolute Gasteiger partial charge is 0.435 e. The first-order valence-electron chi connectivity index (χ1n) is 6.58. The zero-order chi connectivity index (χ0) is 15.5. The van der Waals surface area contributed by atoms with Crippen LogP contribution in [0.4, 0.5) is 8.78 Å². The molecule has 0 spiro atoms. The van der Waals surface area contributed by atoms with Gasteiger partial charge >= 0.3 is 6.61 Å². The predicted octanol–water partition coefficient (Wildman–Crippen LogP) is 4.31. The highest BCUT2D eigenvalue weighted by atomic mass is 19.3. The Morgan fingerprint density at radius 1 is 1.05 bits per heavy atom. The zero-order valence-electron chi connectivity index (χ0n) is 11.7. The van der Waals surface area contributed by atoms with Crippen LogP contribution in [-0.2, 0) is 0 Å². The highest BCUT2D eigenvalue weighted by molar-refractivity contribution is 5.62. The zero-order valence-corrected chi connectivity index (χ0v) is 11.7. The van der Waals surface area contributed by atoms with Crippen LogP contribution in [0.2, 0.25) is 0 Å². The van der Waals surface area contributed by atoms with E-state index < -0.39 is 6.61 Å². The van der Waals surface area contributed by atoms with E-state index in [1.54, 1.807) is 12.1 Å². The van der Waals surface area contributed by atoms with E-state index in [1.165, 1.54) is 12.1 Å². The quantitative estimate of drug-likeness (QED) is 0.720. The summed E-state index contributed by atoms with van der Waals surface area (Å²) in [4.78, 5) is 4.34. The Labute approximate surface area is 125 Å². The van der Waals surface area contributed by atoms with E-state index in [2.05, 4.69) is 14.9 Å². The summed E-state index contributed by atoms with van der Waals surface area (Å²) < 4.78 is 33.7. The van der Waals surface area contributed by atoms with Crippen molar-refractivity contribution in [1.29, 1.82) is 0 Å². The second-order valence-electron chi connectivity index (χ2n) is 4.64. The summed E-state index contributed by atoms with van der Waals surface area (Å²) in [5, 5.41) is 3.96. The molecule has 0 fully saturated rings. The molecule has 112 valence electrons. The molecule has 1 heterocycles. The van der Waals surface area contributed by atoms with Gasteiger partial charge in [0.05, 0.1) is 0 Å². The van der Waals surface area contributed by atoms with E-state index >= 15 is 0 Å². The Morgan fingerprint density at radius 3 is 2.45 bits per heavy atom. The number of rotatable bonds is 4. The minimum absolute atomic E-state index is 0.0809. The van der Waals surface area contributed by atoms with Crippen LogP contribution in [0.25, 0.3) is 22.8 Å². The maximum absolute atomic E-state index is 12.1. The molecule has 0 aliphatic heterocycles. The first kappa shape index (κ1) is 14.2. The van der Waals surface area contributed by atoms with Gasteiger partial charge < -0.3 is 9.26 Å². The Kier molecular flexibility index (Phi) is 3.82. The molecule has 4 nitrogen and oxygen atoms in total. The van der Waals surface area contributed by atoms with E-state index in [9.17, 15) is 8.78 Å². The molecule has 3 rings (SSSR count). The number of hydrogen-bond donors (Lipinski definition) is 0. The summed E-state index contributed by atoms with van der Waals surface area (Å²) in [7, 11) is 0. The SMILES string of the molecule is Cc1ccccc1-c1noc(-c2ccc(OC(F)F)cc2)n1. The summed E-state index contributed by atoms with van der Waals surface area (Å²) in [6, 6.07) is 13.7. The number of ether oxygens (including phenoxy) is 1. The monoisotopic (exact) mass is 302 g/mol. The van der Waals surface area contributed by atoms with Crippen LogP contribution < -0.4 is 4.74 Å². The van der Waals surface area contributed by atoms with Gasteiger partial charge in [-0.3, -0.25) is 0 Å². The Bertz CT molecular complexity index is 770. The molecule has 0 atom stereocenters. The Hall–Kier alpha value is -2.76. The third-order valence-corrected chi connectivity index (χ3v) is 3.14. The highest BCUT2D eigenvalue weighted by Gasteiger charge is 2.12. The molecule has 0 radical (unpaired) electrons. The van der Waals surface area contributed by atoms with Gasteiger partial charge in [0.25, 0.3) is 5.89 Å². The molecule has 0 saturated carbocycles. The van der Waals surface area contributed by atoms with Gasteiger partial charge in [-0.05, 0) is 36.8 Å². The van der Waals surface area contributed by atoms with Crippen LogP contribution in [0.3, 0.4) is 0 Å². The fourth-order valence-electron chi connectivity index (χ4n) is 2.05. The Morgan fingerprint density at radius 2 is 1.77 bits per heavy atom. The fraction of sp³-hybridized carbons (Fsp3) is 0.125. The number of hydrogen-bond acceptors (Lipinski definition) is 4. The summed E-state index contributed by atoms with van der Waals surface area (Å²) in [6.45, 7) is -0.885. The molecule has 22 heavy (non-hydrogen) atoms. The summed E-state index contributed by atoms with van der Waals surface area (Å²) in [5.41, 5.74) is 2.56. The van der Waals surface area contributed by atoms with Gasteiger partial charge in [0.15, 0.2) is 0 Å². The second kappa shape index (κ2) is 5.93.